The van der Waals surface area contributed by atoms with Crippen LogP contribution in [0.25, 0.3) is 0 Å². The molecule has 0 aliphatic carbocycles. The maximum Gasteiger partial charge on any atom is 0.404 e. The SMILES string of the molecule is C[C@@H](Cc1c(F)cccc1F)OC(N)=O. The molecule has 1 aromatic rings. The van der Waals surface area contributed by atoms with Crippen LogP contribution in [0.5, 0.6) is 0 Å². The maximum atomic E-state index is 13.1. The molecule has 5 heteroatoms. The van der Waals surface area contributed by atoms with E-state index in [-0.39, 0.29) is 12.0 Å². The van der Waals surface area contributed by atoms with Gasteiger partial charge in [0.2, 0.25) is 0 Å². The van der Waals surface area contributed by atoms with Gasteiger partial charge < -0.3 is 10.5 Å². The van der Waals surface area contributed by atoms with E-state index >= 15 is 0 Å². The lowest BCUT2D eigenvalue weighted by molar-refractivity contribution is 0.115. The van der Waals surface area contributed by atoms with E-state index < -0.39 is 23.8 Å². The molecule has 1 amide bonds. The zero-order chi connectivity index (χ0) is 11.4. The highest BCUT2D eigenvalue weighted by atomic mass is 19.1. The first-order valence-corrected chi connectivity index (χ1v) is 4.39. The van der Waals surface area contributed by atoms with E-state index in [1.165, 1.54) is 13.0 Å². The lowest BCUT2D eigenvalue weighted by atomic mass is 10.1. The molecule has 0 spiro atoms. The third-order valence-corrected chi connectivity index (χ3v) is 1.87. The van der Waals surface area contributed by atoms with Gasteiger partial charge in [-0.3, -0.25) is 0 Å². The average molecular weight is 215 g/mol. The van der Waals surface area contributed by atoms with Gasteiger partial charge in [0.15, 0.2) is 0 Å². The lowest BCUT2D eigenvalue weighted by Crippen LogP contribution is -2.22. The molecule has 82 valence electrons. The van der Waals surface area contributed by atoms with Crippen molar-refractivity contribution in [3.05, 3.63) is 35.4 Å². The Labute approximate surface area is 85.8 Å². The molecular weight excluding hydrogens is 204 g/mol. The Bertz CT molecular complexity index is 348. The van der Waals surface area contributed by atoms with Crippen molar-refractivity contribution in [2.45, 2.75) is 19.4 Å². The van der Waals surface area contributed by atoms with Gasteiger partial charge in [0.25, 0.3) is 0 Å². The number of hydrogen-bond donors (Lipinski definition) is 1. The highest BCUT2D eigenvalue weighted by molar-refractivity contribution is 5.64. The molecular formula is C10H11F2NO2. The minimum absolute atomic E-state index is 0.0402. The summed E-state index contributed by atoms with van der Waals surface area (Å²) < 4.78 is 30.8. The highest BCUT2D eigenvalue weighted by Gasteiger charge is 2.14. The predicted octanol–water partition coefficient (Wildman–Crippen LogP) is 1.99. The fourth-order valence-corrected chi connectivity index (χ4v) is 1.25. The maximum absolute atomic E-state index is 13.1. The second-order valence-corrected chi connectivity index (χ2v) is 3.15. The molecule has 0 bridgehead atoms. The summed E-state index contributed by atoms with van der Waals surface area (Å²) >= 11 is 0. The summed E-state index contributed by atoms with van der Waals surface area (Å²) in [6.45, 7) is 1.51. The standard InChI is InChI=1S/C10H11F2NO2/c1-6(15-10(13)14)5-7-8(11)3-2-4-9(7)12/h2-4,6H,5H2,1H3,(H2,13,14)/t6-/m0/s1. The number of nitrogens with two attached hydrogens (primary N) is 1. The molecule has 0 unspecified atom stereocenters. The van der Waals surface area contributed by atoms with Crippen LogP contribution in [0.4, 0.5) is 13.6 Å². The van der Waals surface area contributed by atoms with Gasteiger partial charge in [0.05, 0.1) is 0 Å². The van der Waals surface area contributed by atoms with Crippen LogP contribution in [0.15, 0.2) is 18.2 Å². The first kappa shape index (κ1) is 11.4. The number of benzene rings is 1. The summed E-state index contributed by atoms with van der Waals surface area (Å²) in [4.78, 5) is 10.4. The molecule has 0 heterocycles. The van der Waals surface area contributed by atoms with E-state index in [1.807, 2.05) is 0 Å². The predicted molar refractivity (Wildman–Crippen MR) is 50.2 cm³/mol. The molecule has 0 aromatic heterocycles. The molecule has 2 N–H and O–H groups in total. The van der Waals surface area contributed by atoms with E-state index in [2.05, 4.69) is 4.74 Å². The Morgan fingerprint density at radius 2 is 2.00 bits per heavy atom. The minimum Gasteiger partial charge on any atom is -0.446 e. The van der Waals surface area contributed by atoms with Crippen molar-refractivity contribution in [2.75, 3.05) is 0 Å². The van der Waals surface area contributed by atoms with Gasteiger partial charge in [-0.25, -0.2) is 13.6 Å². The molecule has 0 aliphatic heterocycles. The van der Waals surface area contributed by atoms with Gasteiger partial charge in [-0.2, -0.15) is 0 Å². The summed E-state index contributed by atoms with van der Waals surface area (Å²) in [7, 11) is 0. The zero-order valence-corrected chi connectivity index (χ0v) is 8.17. The molecule has 1 rings (SSSR count). The number of ether oxygens (including phenoxy) is 1. The third kappa shape index (κ3) is 3.19. The van der Waals surface area contributed by atoms with Crippen LogP contribution in [0, 0.1) is 11.6 Å². The molecule has 0 aliphatic rings. The summed E-state index contributed by atoms with van der Waals surface area (Å²) in [5, 5.41) is 0. The van der Waals surface area contributed by atoms with Gasteiger partial charge in [-0.15, -0.1) is 0 Å². The van der Waals surface area contributed by atoms with Crippen LogP contribution < -0.4 is 5.73 Å². The average Bonchev–Trinajstić information content (AvgIpc) is 2.10. The Balaban J connectivity index is 2.76. The third-order valence-electron chi connectivity index (χ3n) is 1.87. The molecule has 0 saturated heterocycles. The Hall–Kier alpha value is -1.65. The normalized spacial score (nSPS) is 12.2. The number of hydrogen-bond acceptors (Lipinski definition) is 2. The van der Waals surface area contributed by atoms with E-state index in [4.69, 9.17) is 5.73 Å². The van der Waals surface area contributed by atoms with Crippen LogP contribution in [0.1, 0.15) is 12.5 Å². The lowest BCUT2D eigenvalue weighted by Gasteiger charge is -2.12. The molecule has 0 fully saturated rings. The van der Waals surface area contributed by atoms with Crippen molar-refractivity contribution in [2.24, 2.45) is 5.73 Å². The smallest absolute Gasteiger partial charge is 0.404 e. The number of amides is 1. The minimum atomic E-state index is -0.959. The number of rotatable bonds is 3. The highest BCUT2D eigenvalue weighted by Crippen LogP contribution is 2.15. The fourth-order valence-electron chi connectivity index (χ4n) is 1.25. The second kappa shape index (κ2) is 4.72. The van der Waals surface area contributed by atoms with Gasteiger partial charge in [-0.1, -0.05) is 6.07 Å². The monoisotopic (exact) mass is 215 g/mol. The number of primary amides is 1. The van der Waals surface area contributed by atoms with Crippen LogP contribution in [0.3, 0.4) is 0 Å². The van der Waals surface area contributed by atoms with Gasteiger partial charge >= 0.3 is 6.09 Å². The molecule has 0 saturated carbocycles. The Kier molecular flexibility index (Phi) is 3.60. The van der Waals surface area contributed by atoms with Gasteiger partial charge in [0.1, 0.15) is 17.7 Å². The van der Waals surface area contributed by atoms with Crippen molar-refractivity contribution in [1.82, 2.24) is 0 Å². The number of carbonyl (C=O) groups is 1. The van der Waals surface area contributed by atoms with E-state index in [0.717, 1.165) is 12.1 Å². The van der Waals surface area contributed by atoms with Crippen molar-refractivity contribution < 1.29 is 18.3 Å². The van der Waals surface area contributed by atoms with E-state index in [1.54, 1.807) is 0 Å². The van der Waals surface area contributed by atoms with Crippen LogP contribution in [0.2, 0.25) is 0 Å². The quantitative estimate of drug-likeness (QED) is 0.838. The largest absolute Gasteiger partial charge is 0.446 e. The van der Waals surface area contributed by atoms with Crippen molar-refractivity contribution in [1.29, 1.82) is 0 Å². The summed E-state index contributed by atoms with van der Waals surface area (Å²) in [5.74, 6) is -1.31. The summed E-state index contributed by atoms with van der Waals surface area (Å²) in [6.07, 6.45) is -1.66. The van der Waals surface area contributed by atoms with Crippen molar-refractivity contribution in [3.8, 4) is 0 Å². The van der Waals surface area contributed by atoms with Crippen LogP contribution >= 0.6 is 0 Å². The molecule has 0 radical (unpaired) electrons. The molecule has 1 atom stereocenters. The Morgan fingerprint density at radius 1 is 1.47 bits per heavy atom. The Morgan fingerprint density at radius 3 is 2.47 bits per heavy atom. The zero-order valence-electron chi connectivity index (χ0n) is 8.17. The topological polar surface area (TPSA) is 52.3 Å². The van der Waals surface area contributed by atoms with Gasteiger partial charge in [-0.05, 0) is 19.1 Å². The first-order chi connectivity index (χ1) is 7.00. The number of halogens is 2. The molecule has 1 aromatic carbocycles. The fraction of sp³-hybridized carbons (Fsp3) is 0.300. The van der Waals surface area contributed by atoms with Crippen LogP contribution in [-0.4, -0.2) is 12.2 Å². The summed E-state index contributed by atoms with van der Waals surface area (Å²) in [5.41, 5.74) is 4.67. The summed E-state index contributed by atoms with van der Waals surface area (Å²) in [6, 6.07) is 3.57. The van der Waals surface area contributed by atoms with Crippen molar-refractivity contribution in [3.63, 3.8) is 0 Å². The van der Waals surface area contributed by atoms with E-state index in [0.29, 0.717) is 0 Å². The van der Waals surface area contributed by atoms with Crippen LogP contribution in [-0.2, 0) is 11.2 Å². The second-order valence-electron chi connectivity index (χ2n) is 3.15. The number of carbonyl (C=O) groups excluding carboxylic acids is 1. The van der Waals surface area contributed by atoms with E-state index in [9.17, 15) is 13.6 Å². The van der Waals surface area contributed by atoms with Gasteiger partial charge in [0, 0.05) is 12.0 Å². The molecule has 3 nitrogen and oxygen atoms in total. The first-order valence-electron chi connectivity index (χ1n) is 4.39. The molecule has 15 heavy (non-hydrogen) atoms. The van der Waals surface area contributed by atoms with Crippen molar-refractivity contribution >= 4 is 6.09 Å².